The molecule has 14 heavy (non-hydrogen) atoms. The number of hydrogen-bond donors (Lipinski definition) is 1. The smallest absolute Gasteiger partial charge is 0.0960 e. The highest BCUT2D eigenvalue weighted by molar-refractivity contribution is 5.09. The van der Waals surface area contributed by atoms with Crippen LogP contribution in [0.1, 0.15) is 30.9 Å². The fraction of sp³-hybridized carbons (Fsp3) is 0.636. The average molecular weight is 196 g/mol. The molecule has 0 aromatic carbocycles. The van der Waals surface area contributed by atoms with Gasteiger partial charge in [-0.2, -0.15) is 0 Å². The van der Waals surface area contributed by atoms with Crippen LogP contribution in [0.5, 0.6) is 0 Å². The molecule has 1 fully saturated rings. The van der Waals surface area contributed by atoms with Crippen molar-refractivity contribution in [1.29, 1.82) is 0 Å². The largest absolute Gasteiger partial charge is 0.472 e. The Balaban J connectivity index is 1.84. The lowest BCUT2D eigenvalue weighted by Crippen LogP contribution is -2.17. The maximum Gasteiger partial charge on any atom is 0.0960 e. The zero-order chi connectivity index (χ0) is 9.80. The molecule has 3 nitrogen and oxygen atoms in total. The maximum absolute atomic E-state index is 9.86. The molecule has 1 saturated heterocycles. The van der Waals surface area contributed by atoms with Crippen molar-refractivity contribution in [1.82, 2.24) is 0 Å². The molecule has 1 atom stereocenters. The number of furan rings is 1. The average Bonchev–Trinajstić information content (AvgIpc) is 2.72. The van der Waals surface area contributed by atoms with Crippen LogP contribution in [-0.2, 0) is 4.74 Å². The Morgan fingerprint density at radius 1 is 1.43 bits per heavy atom. The molecular weight excluding hydrogens is 180 g/mol. The zero-order valence-electron chi connectivity index (χ0n) is 8.19. The molecule has 2 rings (SSSR count). The molecule has 0 bridgehead atoms. The second-order valence-electron chi connectivity index (χ2n) is 3.86. The SMILES string of the molecule is OC(CC1CCOCC1)c1ccoc1. The van der Waals surface area contributed by atoms with E-state index in [1.807, 2.05) is 6.07 Å². The topological polar surface area (TPSA) is 42.6 Å². The van der Waals surface area contributed by atoms with Gasteiger partial charge < -0.3 is 14.3 Å². The lowest BCUT2D eigenvalue weighted by atomic mass is 9.92. The van der Waals surface area contributed by atoms with E-state index in [9.17, 15) is 5.11 Å². The molecule has 0 spiro atoms. The van der Waals surface area contributed by atoms with Crippen LogP contribution in [0, 0.1) is 5.92 Å². The van der Waals surface area contributed by atoms with Gasteiger partial charge in [-0.25, -0.2) is 0 Å². The first kappa shape index (κ1) is 9.74. The van der Waals surface area contributed by atoms with Crippen molar-refractivity contribution in [3.8, 4) is 0 Å². The number of aliphatic hydroxyl groups excluding tert-OH is 1. The van der Waals surface area contributed by atoms with Crippen LogP contribution in [0.2, 0.25) is 0 Å². The second-order valence-corrected chi connectivity index (χ2v) is 3.86. The Morgan fingerprint density at radius 3 is 2.86 bits per heavy atom. The predicted molar refractivity (Wildman–Crippen MR) is 51.8 cm³/mol. The molecule has 1 unspecified atom stereocenters. The van der Waals surface area contributed by atoms with Crippen molar-refractivity contribution in [2.75, 3.05) is 13.2 Å². The Hall–Kier alpha value is -0.800. The Labute approximate surface area is 83.7 Å². The number of hydrogen-bond acceptors (Lipinski definition) is 3. The van der Waals surface area contributed by atoms with Gasteiger partial charge in [-0.15, -0.1) is 0 Å². The van der Waals surface area contributed by atoms with E-state index in [-0.39, 0.29) is 6.10 Å². The monoisotopic (exact) mass is 196 g/mol. The van der Waals surface area contributed by atoms with Gasteiger partial charge in [0.05, 0.1) is 18.6 Å². The molecule has 1 aromatic rings. The second kappa shape index (κ2) is 4.62. The first-order chi connectivity index (χ1) is 6.86. The molecule has 3 heteroatoms. The fourth-order valence-corrected chi connectivity index (χ4v) is 1.90. The van der Waals surface area contributed by atoms with Gasteiger partial charge in [0.2, 0.25) is 0 Å². The summed E-state index contributed by atoms with van der Waals surface area (Å²) < 4.78 is 10.2. The van der Waals surface area contributed by atoms with E-state index >= 15 is 0 Å². The van der Waals surface area contributed by atoms with E-state index in [4.69, 9.17) is 9.15 Å². The van der Waals surface area contributed by atoms with Crippen LogP contribution in [0.25, 0.3) is 0 Å². The first-order valence-electron chi connectivity index (χ1n) is 5.14. The molecule has 0 radical (unpaired) electrons. The molecule has 1 aliphatic rings. The van der Waals surface area contributed by atoms with Crippen molar-refractivity contribution in [2.45, 2.75) is 25.4 Å². The molecule has 1 N–H and O–H groups in total. The molecule has 1 aliphatic heterocycles. The minimum Gasteiger partial charge on any atom is -0.472 e. The normalized spacial score (nSPS) is 20.9. The van der Waals surface area contributed by atoms with E-state index < -0.39 is 0 Å². The van der Waals surface area contributed by atoms with Crippen LogP contribution >= 0.6 is 0 Å². The highest BCUT2D eigenvalue weighted by Crippen LogP contribution is 2.27. The maximum atomic E-state index is 9.86. The summed E-state index contributed by atoms with van der Waals surface area (Å²) in [6, 6.07) is 1.82. The summed E-state index contributed by atoms with van der Waals surface area (Å²) in [7, 11) is 0. The van der Waals surface area contributed by atoms with Crippen LogP contribution in [0.3, 0.4) is 0 Å². The Kier molecular flexibility index (Phi) is 3.22. The highest BCUT2D eigenvalue weighted by atomic mass is 16.5. The van der Waals surface area contributed by atoms with Gasteiger partial charge in [-0.05, 0) is 31.2 Å². The van der Waals surface area contributed by atoms with Crippen LogP contribution in [0.15, 0.2) is 23.0 Å². The van der Waals surface area contributed by atoms with E-state index in [0.29, 0.717) is 5.92 Å². The van der Waals surface area contributed by atoms with Gasteiger partial charge in [0.25, 0.3) is 0 Å². The molecular formula is C11H16O3. The van der Waals surface area contributed by atoms with Crippen LogP contribution in [0.4, 0.5) is 0 Å². The minimum absolute atomic E-state index is 0.378. The van der Waals surface area contributed by atoms with E-state index in [0.717, 1.165) is 38.0 Å². The molecule has 0 saturated carbocycles. The van der Waals surface area contributed by atoms with E-state index in [1.54, 1.807) is 12.5 Å². The first-order valence-corrected chi connectivity index (χ1v) is 5.14. The summed E-state index contributed by atoms with van der Waals surface area (Å²) >= 11 is 0. The third-order valence-electron chi connectivity index (χ3n) is 2.83. The van der Waals surface area contributed by atoms with Gasteiger partial charge in [0, 0.05) is 18.8 Å². The van der Waals surface area contributed by atoms with Gasteiger partial charge in [-0.3, -0.25) is 0 Å². The quantitative estimate of drug-likeness (QED) is 0.805. The molecule has 0 amide bonds. The zero-order valence-corrected chi connectivity index (χ0v) is 8.19. The van der Waals surface area contributed by atoms with Gasteiger partial charge in [0.15, 0.2) is 0 Å². The van der Waals surface area contributed by atoms with Gasteiger partial charge in [-0.1, -0.05) is 0 Å². The van der Waals surface area contributed by atoms with Crippen LogP contribution in [-0.4, -0.2) is 18.3 Å². The Bertz CT molecular complexity index is 250. The van der Waals surface area contributed by atoms with Crippen molar-refractivity contribution >= 4 is 0 Å². The lowest BCUT2D eigenvalue weighted by molar-refractivity contribution is 0.0434. The minimum atomic E-state index is -0.378. The molecule has 78 valence electrons. The fourth-order valence-electron chi connectivity index (χ4n) is 1.90. The predicted octanol–water partition coefficient (Wildman–Crippen LogP) is 2.13. The van der Waals surface area contributed by atoms with Crippen molar-refractivity contribution in [3.63, 3.8) is 0 Å². The summed E-state index contributed by atoms with van der Waals surface area (Å²) in [5, 5.41) is 9.86. The third-order valence-corrected chi connectivity index (χ3v) is 2.83. The summed E-state index contributed by atoms with van der Waals surface area (Å²) in [4.78, 5) is 0. The summed E-state index contributed by atoms with van der Waals surface area (Å²) in [5.74, 6) is 0.591. The molecule has 0 aliphatic carbocycles. The summed E-state index contributed by atoms with van der Waals surface area (Å²) in [5.41, 5.74) is 0.886. The van der Waals surface area contributed by atoms with Gasteiger partial charge in [0.1, 0.15) is 0 Å². The summed E-state index contributed by atoms with van der Waals surface area (Å²) in [6.45, 7) is 1.67. The molecule has 1 aromatic heterocycles. The Morgan fingerprint density at radius 2 is 2.21 bits per heavy atom. The lowest BCUT2D eigenvalue weighted by Gasteiger charge is -2.23. The standard InChI is InChI=1S/C11H16O3/c12-11(10-3-6-14-8-10)7-9-1-4-13-5-2-9/h3,6,8-9,11-12H,1-2,4-5,7H2. The van der Waals surface area contributed by atoms with Gasteiger partial charge >= 0.3 is 0 Å². The van der Waals surface area contributed by atoms with Crippen molar-refractivity contribution < 1.29 is 14.3 Å². The highest BCUT2D eigenvalue weighted by Gasteiger charge is 2.19. The van der Waals surface area contributed by atoms with Crippen LogP contribution < -0.4 is 0 Å². The van der Waals surface area contributed by atoms with Crippen molar-refractivity contribution in [3.05, 3.63) is 24.2 Å². The van der Waals surface area contributed by atoms with E-state index in [1.165, 1.54) is 0 Å². The molecule has 2 heterocycles. The number of ether oxygens (including phenoxy) is 1. The van der Waals surface area contributed by atoms with E-state index in [2.05, 4.69) is 0 Å². The summed E-state index contributed by atoms with van der Waals surface area (Å²) in [6.07, 6.45) is 5.79. The number of rotatable bonds is 3. The third kappa shape index (κ3) is 2.36. The number of aliphatic hydroxyl groups is 1. The van der Waals surface area contributed by atoms with Crippen molar-refractivity contribution in [2.24, 2.45) is 5.92 Å².